The molecule has 0 saturated heterocycles. The molecule has 5 aromatic rings. The lowest BCUT2D eigenvalue weighted by molar-refractivity contribution is 0.296. The summed E-state index contributed by atoms with van der Waals surface area (Å²) >= 11 is 0. The second kappa shape index (κ2) is 8.79. The van der Waals surface area contributed by atoms with Crippen LogP contribution in [0.2, 0.25) is 0 Å². The van der Waals surface area contributed by atoms with E-state index in [-0.39, 0.29) is 0 Å². The topological polar surface area (TPSA) is 50.8 Å². The molecular weight excluding hydrogens is 394 g/mol. The molecule has 5 rings (SSSR count). The van der Waals surface area contributed by atoms with Gasteiger partial charge in [-0.1, -0.05) is 66.7 Å². The van der Waals surface area contributed by atoms with Crippen LogP contribution in [0.25, 0.3) is 21.9 Å². The van der Waals surface area contributed by atoms with Gasteiger partial charge in [0.25, 0.3) is 0 Å². The van der Waals surface area contributed by atoms with Crippen molar-refractivity contribution in [1.82, 2.24) is 9.55 Å². The van der Waals surface area contributed by atoms with Crippen LogP contribution in [0.1, 0.15) is 16.8 Å². The van der Waals surface area contributed by atoms with Crippen molar-refractivity contribution >= 4 is 10.8 Å². The lowest BCUT2D eigenvalue weighted by Gasteiger charge is -2.11. The van der Waals surface area contributed by atoms with E-state index in [4.69, 9.17) is 10.00 Å². The van der Waals surface area contributed by atoms with Gasteiger partial charge >= 0.3 is 0 Å². The van der Waals surface area contributed by atoms with Crippen LogP contribution in [-0.4, -0.2) is 9.55 Å². The fourth-order valence-electron chi connectivity index (χ4n) is 3.86. The van der Waals surface area contributed by atoms with E-state index in [1.807, 2.05) is 42.6 Å². The van der Waals surface area contributed by atoms with Gasteiger partial charge < -0.3 is 9.30 Å². The Bertz CT molecular complexity index is 1390. The van der Waals surface area contributed by atoms with Gasteiger partial charge in [0, 0.05) is 6.54 Å². The Balaban J connectivity index is 1.28. The molecule has 0 aliphatic rings. The van der Waals surface area contributed by atoms with Gasteiger partial charge in [-0.15, -0.1) is 0 Å². The lowest BCUT2D eigenvalue weighted by Crippen LogP contribution is -2.06. The van der Waals surface area contributed by atoms with Gasteiger partial charge in [0.2, 0.25) is 0 Å². The van der Waals surface area contributed by atoms with Gasteiger partial charge in [0.1, 0.15) is 12.4 Å². The number of nitrogens with zero attached hydrogens (tertiary/aromatic N) is 3. The number of rotatable bonds is 6. The first-order valence-corrected chi connectivity index (χ1v) is 10.5. The van der Waals surface area contributed by atoms with Crippen molar-refractivity contribution in [3.63, 3.8) is 0 Å². The molecule has 0 radical (unpaired) electrons. The summed E-state index contributed by atoms with van der Waals surface area (Å²) in [6.45, 7) is 1.12. The van der Waals surface area contributed by atoms with Gasteiger partial charge in [-0.05, 0) is 51.7 Å². The van der Waals surface area contributed by atoms with E-state index >= 15 is 0 Å². The molecule has 0 amide bonds. The third kappa shape index (κ3) is 4.10. The van der Waals surface area contributed by atoms with E-state index in [1.165, 1.54) is 21.9 Å². The maximum absolute atomic E-state index is 8.95. The van der Waals surface area contributed by atoms with Crippen molar-refractivity contribution in [2.45, 2.75) is 13.2 Å². The van der Waals surface area contributed by atoms with E-state index in [0.717, 1.165) is 17.0 Å². The van der Waals surface area contributed by atoms with E-state index in [1.54, 1.807) is 6.33 Å². The summed E-state index contributed by atoms with van der Waals surface area (Å²) in [5.74, 6) is 0.820. The zero-order valence-corrected chi connectivity index (χ0v) is 17.5. The molecule has 0 aliphatic carbocycles. The lowest BCUT2D eigenvalue weighted by atomic mass is 9.98. The standard InChI is InChI=1S/C28H21N3O/c29-16-21-8-10-22(11-9-21)18-31-20-30-17-25(31)19-32-26-14-12-24(13-15-26)28-7-3-5-23-4-1-2-6-27(23)28/h1-15,17,20H,18-19H2. The molecule has 0 spiro atoms. The van der Waals surface area contributed by atoms with Crippen molar-refractivity contribution in [3.05, 3.63) is 120 Å². The van der Waals surface area contributed by atoms with Crippen LogP contribution < -0.4 is 4.74 Å². The highest BCUT2D eigenvalue weighted by molar-refractivity contribution is 5.96. The molecule has 1 heterocycles. The zero-order valence-electron chi connectivity index (χ0n) is 17.5. The summed E-state index contributed by atoms with van der Waals surface area (Å²) in [4.78, 5) is 4.28. The van der Waals surface area contributed by atoms with Gasteiger partial charge in [-0.25, -0.2) is 4.98 Å². The second-order valence-corrected chi connectivity index (χ2v) is 7.66. The summed E-state index contributed by atoms with van der Waals surface area (Å²) in [7, 11) is 0. The van der Waals surface area contributed by atoms with E-state index in [2.05, 4.69) is 70.2 Å². The number of hydrogen-bond donors (Lipinski definition) is 0. The minimum atomic E-state index is 0.434. The van der Waals surface area contributed by atoms with Gasteiger partial charge in [-0.2, -0.15) is 5.26 Å². The molecule has 1 aromatic heterocycles. The van der Waals surface area contributed by atoms with Crippen LogP contribution in [-0.2, 0) is 13.2 Å². The molecular formula is C28H21N3O. The molecule has 32 heavy (non-hydrogen) atoms. The Labute approximate surface area is 187 Å². The predicted octanol–water partition coefficient (Wildman–Crippen LogP) is 6.20. The van der Waals surface area contributed by atoms with Crippen molar-refractivity contribution in [3.8, 4) is 22.9 Å². The predicted molar refractivity (Wildman–Crippen MR) is 126 cm³/mol. The minimum absolute atomic E-state index is 0.434. The van der Waals surface area contributed by atoms with Crippen LogP contribution in [0, 0.1) is 11.3 Å². The van der Waals surface area contributed by atoms with Crippen LogP contribution in [0.5, 0.6) is 5.75 Å². The number of benzene rings is 4. The Morgan fingerprint density at radius 3 is 2.44 bits per heavy atom. The number of hydrogen-bond acceptors (Lipinski definition) is 3. The first kappa shape index (κ1) is 19.6. The van der Waals surface area contributed by atoms with Gasteiger partial charge in [0.15, 0.2) is 0 Å². The largest absolute Gasteiger partial charge is 0.487 e. The normalized spacial score (nSPS) is 10.7. The SMILES string of the molecule is N#Cc1ccc(Cn2cncc2COc2ccc(-c3cccc4ccccc34)cc2)cc1. The van der Waals surface area contributed by atoms with E-state index in [9.17, 15) is 0 Å². The highest BCUT2D eigenvalue weighted by Crippen LogP contribution is 2.29. The first-order chi connectivity index (χ1) is 15.8. The highest BCUT2D eigenvalue weighted by atomic mass is 16.5. The number of nitriles is 1. The molecule has 4 nitrogen and oxygen atoms in total. The molecule has 0 aliphatic heterocycles. The molecule has 4 aromatic carbocycles. The fraction of sp³-hybridized carbons (Fsp3) is 0.0714. The molecule has 154 valence electrons. The van der Waals surface area contributed by atoms with Crippen molar-refractivity contribution in [2.24, 2.45) is 0 Å². The second-order valence-electron chi connectivity index (χ2n) is 7.66. The Kier molecular flexibility index (Phi) is 5.38. The summed E-state index contributed by atoms with van der Waals surface area (Å²) < 4.78 is 8.10. The van der Waals surface area contributed by atoms with Crippen LogP contribution in [0.15, 0.2) is 104 Å². The summed E-state index contributed by atoms with van der Waals surface area (Å²) in [6.07, 6.45) is 3.63. The average molecular weight is 415 g/mol. The third-order valence-electron chi connectivity index (χ3n) is 5.58. The molecule has 0 unspecified atom stereocenters. The average Bonchev–Trinajstić information content (AvgIpc) is 3.30. The molecule has 4 heteroatoms. The molecule has 0 saturated carbocycles. The van der Waals surface area contributed by atoms with Crippen LogP contribution in [0.3, 0.4) is 0 Å². The van der Waals surface area contributed by atoms with Crippen molar-refractivity contribution in [2.75, 3.05) is 0 Å². The van der Waals surface area contributed by atoms with Crippen molar-refractivity contribution < 1.29 is 4.74 Å². The monoisotopic (exact) mass is 415 g/mol. The molecule has 0 bridgehead atoms. The summed E-state index contributed by atoms with van der Waals surface area (Å²) in [5, 5.41) is 11.4. The maximum atomic E-state index is 8.95. The Hall–Kier alpha value is -4.36. The van der Waals surface area contributed by atoms with E-state index < -0.39 is 0 Å². The van der Waals surface area contributed by atoms with Gasteiger partial charge in [-0.3, -0.25) is 0 Å². The Morgan fingerprint density at radius 2 is 1.62 bits per heavy atom. The number of ether oxygens (including phenoxy) is 1. The van der Waals surface area contributed by atoms with Crippen LogP contribution in [0.4, 0.5) is 0 Å². The zero-order chi connectivity index (χ0) is 21.8. The number of fused-ring (bicyclic) bond motifs is 1. The number of imidazole rings is 1. The van der Waals surface area contributed by atoms with Crippen molar-refractivity contribution in [1.29, 1.82) is 5.26 Å². The summed E-state index contributed by atoms with van der Waals surface area (Å²) in [5.41, 5.74) is 5.15. The molecule has 0 atom stereocenters. The minimum Gasteiger partial charge on any atom is -0.487 e. The Morgan fingerprint density at radius 1 is 0.844 bits per heavy atom. The first-order valence-electron chi connectivity index (χ1n) is 10.5. The highest BCUT2D eigenvalue weighted by Gasteiger charge is 2.07. The fourth-order valence-corrected chi connectivity index (χ4v) is 3.86. The third-order valence-corrected chi connectivity index (χ3v) is 5.58. The van der Waals surface area contributed by atoms with Gasteiger partial charge in [0.05, 0.1) is 29.9 Å². The maximum Gasteiger partial charge on any atom is 0.130 e. The smallest absolute Gasteiger partial charge is 0.130 e. The molecule has 0 N–H and O–H groups in total. The van der Waals surface area contributed by atoms with Crippen LogP contribution >= 0.6 is 0 Å². The van der Waals surface area contributed by atoms with E-state index in [0.29, 0.717) is 18.7 Å². The quantitative estimate of drug-likeness (QED) is 0.332. The summed E-state index contributed by atoms with van der Waals surface area (Å²) in [6, 6.07) is 32.8. The molecule has 0 fully saturated rings. The number of aromatic nitrogens is 2.